The first-order valence-electron chi connectivity index (χ1n) is 9.85. The SMILES string of the molecule is I.NC(=NCc1ccnc(N2CCCCC2)c1)NCCCN1CCOCC1. The highest BCUT2D eigenvalue weighted by Gasteiger charge is 2.12. The van der Waals surface area contributed by atoms with Crippen molar-refractivity contribution in [2.75, 3.05) is 57.4 Å². The van der Waals surface area contributed by atoms with Crippen LogP contribution in [0.5, 0.6) is 0 Å². The Labute approximate surface area is 179 Å². The van der Waals surface area contributed by atoms with Crippen molar-refractivity contribution in [3.05, 3.63) is 23.9 Å². The average Bonchev–Trinajstić information content (AvgIpc) is 2.71. The summed E-state index contributed by atoms with van der Waals surface area (Å²) in [6.07, 6.45) is 6.77. The van der Waals surface area contributed by atoms with E-state index in [9.17, 15) is 0 Å². The summed E-state index contributed by atoms with van der Waals surface area (Å²) in [6.45, 7) is 8.49. The molecule has 2 aliphatic rings. The van der Waals surface area contributed by atoms with E-state index in [0.29, 0.717) is 12.5 Å². The number of hydrogen-bond donors (Lipinski definition) is 2. The normalized spacial score (nSPS) is 18.8. The van der Waals surface area contributed by atoms with Crippen molar-refractivity contribution in [1.82, 2.24) is 15.2 Å². The zero-order valence-electron chi connectivity index (χ0n) is 16.1. The number of nitrogens with one attached hydrogen (secondary N) is 1. The topological polar surface area (TPSA) is 79.0 Å². The van der Waals surface area contributed by atoms with Crippen LogP contribution in [0, 0.1) is 0 Å². The van der Waals surface area contributed by atoms with Crippen LogP contribution in [0.2, 0.25) is 0 Å². The van der Waals surface area contributed by atoms with E-state index in [-0.39, 0.29) is 24.0 Å². The smallest absolute Gasteiger partial charge is 0.188 e. The monoisotopic (exact) mass is 488 g/mol. The molecule has 3 heterocycles. The van der Waals surface area contributed by atoms with Gasteiger partial charge in [-0.25, -0.2) is 9.98 Å². The molecule has 0 amide bonds. The number of aromatic nitrogens is 1. The van der Waals surface area contributed by atoms with Gasteiger partial charge in [0, 0.05) is 38.9 Å². The van der Waals surface area contributed by atoms with Crippen molar-refractivity contribution in [1.29, 1.82) is 0 Å². The van der Waals surface area contributed by atoms with Crippen LogP contribution in [0.25, 0.3) is 0 Å². The van der Waals surface area contributed by atoms with Crippen LogP contribution in [0.4, 0.5) is 5.82 Å². The average molecular weight is 488 g/mol. The van der Waals surface area contributed by atoms with Gasteiger partial charge in [0.15, 0.2) is 5.96 Å². The molecule has 0 spiro atoms. The molecule has 1 aromatic heterocycles. The highest BCUT2D eigenvalue weighted by Crippen LogP contribution is 2.18. The second kappa shape index (κ2) is 12.4. The molecule has 0 radical (unpaired) electrons. The molecule has 3 rings (SSSR count). The first kappa shape index (κ1) is 22.2. The largest absolute Gasteiger partial charge is 0.379 e. The highest BCUT2D eigenvalue weighted by atomic mass is 127. The minimum atomic E-state index is 0. The van der Waals surface area contributed by atoms with Crippen LogP contribution >= 0.6 is 24.0 Å². The van der Waals surface area contributed by atoms with Crippen molar-refractivity contribution < 1.29 is 4.74 Å². The van der Waals surface area contributed by atoms with Crippen molar-refractivity contribution in [3.63, 3.8) is 0 Å². The molecule has 27 heavy (non-hydrogen) atoms. The Morgan fingerprint density at radius 3 is 2.74 bits per heavy atom. The van der Waals surface area contributed by atoms with Crippen LogP contribution < -0.4 is 16.0 Å². The van der Waals surface area contributed by atoms with E-state index in [1.807, 2.05) is 12.3 Å². The summed E-state index contributed by atoms with van der Waals surface area (Å²) < 4.78 is 5.36. The van der Waals surface area contributed by atoms with E-state index in [1.165, 1.54) is 19.3 Å². The molecule has 2 fully saturated rings. The highest BCUT2D eigenvalue weighted by molar-refractivity contribution is 14.0. The van der Waals surface area contributed by atoms with Crippen molar-refractivity contribution in [3.8, 4) is 0 Å². The lowest BCUT2D eigenvalue weighted by Crippen LogP contribution is -2.39. The summed E-state index contributed by atoms with van der Waals surface area (Å²) in [4.78, 5) is 13.8. The van der Waals surface area contributed by atoms with Gasteiger partial charge < -0.3 is 20.7 Å². The van der Waals surface area contributed by atoms with Crippen LogP contribution in [0.15, 0.2) is 23.3 Å². The van der Waals surface area contributed by atoms with Crippen LogP contribution in [0.1, 0.15) is 31.2 Å². The van der Waals surface area contributed by atoms with Gasteiger partial charge in [-0.05, 0) is 49.9 Å². The van der Waals surface area contributed by atoms with Crippen LogP contribution in [0.3, 0.4) is 0 Å². The van der Waals surface area contributed by atoms with Crippen molar-refractivity contribution in [2.45, 2.75) is 32.2 Å². The quantitative estimate of drug-likeness (QED) is 0.264. The molecule has 7 nitrogen and oxygen atoms in total. The molecule has 3 N–H and O–H groups in total. The molecule has 0 atom stereocenters. The molecule has 0 unspecified atom stereocenters. The Morgan fingerprint density at radius 2 is 1.96 bits per heavy atom. The number of morpholine rings is 1. The fourth-order valence-corrected chi connectivity index (χ4v) is 3.43. The predicted molar refractivity (Wildman–Crippen MR) is 121 cm³/mol. The summed E-state index contributed by atoms with van der Waals surface area (Å²) in [5, 5.41) is 3.21. The molecular formula is C19H33IN6O. The number of guanidine groups is 1. The Bertz CT molecular complexity index is 573. The summed E-state index contributed by atoms with van der Waals surface area (Å²) in [5.41, 5.74) is 7.15. The number of halogens is 1. The standard InChI is InChI=1S/C19H32N6O.HI/c20-19(22-6-4-8-24-11-13-26-14-12-24)23-16-17-5-7-21-18(15-17)25-9-2-1-3-10-25;/h5,7,15H,1-4,6,8-14,16H2,(H3,20,22,23);1H. The molecule has 0 aliphatic carbocycles. The second-order valence-electron chi connectivity index (χ2n) is 7.01. The number of piperidine rings is 1. The van der Waals surface area contributed by atoms with E-state index >= 15 is 0 Å². The Balaban J connectivity index is 0.00000261. The lowest BCUT2D eigenvalue weighted by atomic mass is 10.1. The Morgan fingerprint density at radius 1 is 1.19 bits per heavy atom. The molecule has 152 valence electrons. The molecule has 1 aromatic rings. The number of aliphatic imine (C=N–C) groups is 1. The number of hydrogen-bond acceptors (Lipinski definition) is 5. The van der Waals surface area contributed by atoms with Gasteiger partial charge in [-0.2, -0.15) is 0 Å². The number of nitrogens with zero attached hydrogens (tertiary/aromatic N) is 4. The van der Waals surface area contributed by atoms with E-state index in [4.69, 9.17) is 10.5 Å². The first-order chi connectivity index (χ1) is 12.8. The first-order valence-corrected chi connectivity index (χ1v) is 9.85. The number of ether oxygens (including phenoxy) is 1. The molecule has 2 aliphatic heterocycles. The molecule has 2 saturated heterocycles. The minimum absolute atomic E-state index is 0. The maximum atomic E-state index is 6.00. The van der Waals surface area contributed by atoms with Gasteiger partial charge in [-0.15, -0.1) is 24.0 Å². The lowest BCUT2D eigenvalue weighted by Gasteiger charge is -2.27. The zero-order chi connectivity index (χ0) is 18.0. The second-order valence-corrected chi connectivity index (χ2v) is 7.01. The van der Waals surface area contributed by atoms with Gasteiger partial charge in [0.05, 0.1) is 19.8 Å². The number of nitrogens with two attached hydrogens (primary N) is 1. The Kier molecular flexibility index (Phi) is 10.1. The summed E-state index contributed by atoms with van der Waals surface area (Å²) in [7, 11) is 0. The maximum absolute atomic E-state index is 6.00. The number of pyridine rings is 1. The van der Waals surface area contributed by atoms with E-state index in [2.05, 4.69) is 31.2 Å². The van der Waals surface area contributed by atoms with Crippen LogP contribution in [-0.4, -0.2) is 68.3 Å². The van der Waals surface area contributed by atoms with Crippen LogP contribution in [-0.2, 0) is 11.3 Å². The summed E-state index contributed by atoms with van der Waals surface area (Å²) in [6, 6.07) is 4.16. The fraction of sp³-hybridized carbons (Fsp3) is 0.684. The fourth-order valence-electron chi connectivity index (χ4n) is 3.43. The van der Waals surface area contributed by atoms with Gasteiger partial charge >= 0.3 is 0 Å². The van der Waals surface area contributed by atoms with E-state index < -0.39 is 0 Å². The minimum Gasteiger partial charge on any atom is -0.379 e. The van der Waals surface area contributed by atoms with E-state index in [0.717, 1.165) is 70.3 Å². The van der Waals surface area contributed by atoms with Gasteiger partial charge in [0.1, 0.15) is 5.82 Å². The summed E-state index contributed by atoms with van der Waals surface area (Å²) >= 11 is 0. The molecule has 0 saturated carbocycles. The van der Waals surface area contributed by atoms with Crippen molar-refractivity contribution in [2.24, 2.45) is 10.7 Å². The van der Waals surface area contributed by atoms with Crippen molar-refractivity contribution >= 4 is 35.8 Å². The molecule has 0 aromatic carbocycles. The zero-order valence-corrected chi connectivity index (χ0v) is 18.4. The lowest BCUT2D eigenvalue weighted by molar-refractivity contribution is 0.0376. The molecular weight excluding hydrogens is 455 g/mol. The molecule has 0 bridgehead atoms. The predicted octanol–water partition coefficient (Wildman–Crippen LogP) is 1.82. The summed E-state index contributed by atoms with van der Waals surface area (Å²) in [5.74, 6) is 1.58. The number of rotatable bonds is 7. The maximum Gasteiger partial charge on any atom is 0.188 e. The van der Waals surface area contributed by atoms with Gasteiger partial charge in [-0.3, -0.25) is 4.90 Å². The van der Waals surface area contributed by atoms with Gasteiger partial charge in [-0.1, -0.05) is 0 Å². The Hall–Kier alpha value is -1.13. The third-order valence-electron chi connectivity index (χ3n) is 4.98. The number of anilines is 1. The van der Waals surface area contributed by atoms with Gasteiger partial charge in [0.25, 0.3) is 0 Å². The molecule has 8 heteroatoms. The van der Waals surface area contributed by atoms with E-state index in [1.54, 1.807) is 0 Å². The third-order valence-corrected chi connectivity index (χ3v) is 4.98. The van der Waals surface area contributed by atoms with Gasteiger partial charge in [0.2, 0.25) is 0 Å². The third kappa shape index (κ3) is 7.79.